The first-order valence-electron chi connectivity index (χ1n) is 7.16. The molecule has 1 N–H and O–H groups in total. The van der Waals surface area contributed by atoms with Crippen LogP contribution in [0.1, 0.15) is 35.9 Å². The molecule has 2 aromatic rings. The van der Waals surface area contributed by atoms with Crippen LogP contribution in [0.5, 0.6) is 0 Å². The number of nitrogens with zero attached hydrogens (tertiary/aromatic N) is 1. The van der Waals surface area contributed by atoms with Crippen molar-refractivity contribution in [2.75, 3.05) is 0 Å². The first-order chi connectivity index (χ1) is 11.4. The first kappa shape index (κ1) is 18.4. The van der Waals surface area contributed by atoms with E-state index >= 15 is 0 Å². The number of hydrogen-bond donors (Lipinski definition) is 1. The van der Waals surface area contributed by atoms with Crippen molar-refractivity contribution in [1.29, 1.82) is 0 Å². The van der Waals surface area contributed by atoms with Gasteiger partial charge >= 0.3 is 5.97 Å². The quantitative estimate of drug-likeness (QED) is 0.646. The summed E-state index contributed by atoms with van der Waals surface area (Å²) in [6, 6.07) is 9.54. The minimum absolute atomic E-state index is 0.119. The highest BCUT2D eigenvalue weighted by Gasteiger charge is 2.27. The predicted octanol–water partition coefficient (Wildman–Crippen LogP) is 5.59. The molecule has 0 saturated heterocycles. The molecule has 0 spiro atoms. The van der Waals surface area contributed by atoms with Gasteiger partial charge in [-0.25, -0.2) is 4.39 Å². The summed E-state index contributed by atoms with van der Waals surface area (Å²) >= 11 is 11.7. The van der Waals surface area contributed by atoms with Crippen molar-refractivity contribution < 1.29 is 14.3 Å². The third-order valence-corrected chi connectivity index (χ3v) is 4.16. The van der Waals surface area contributed by atoms with Crippen molar-refractivity contribution in [2.24, 2.45) is 5.18 Å². The van der Waals surface area contributed by atoms with Crippen LogP contribution < -0.4 is 0 Å². The summed E-state index contributed by atoms with van der Waals surface area (Å²) in [4.78, 5) is 22.4. The second kappa shape index (κ2) is 8.22. The van der Waals surface area contributed by atoms with Crippen molar-refractivity contribution >= 4 is 29.2 Å². The Morgan fingerprint density at radius 2 is 1.75 bits per heavy atom. The van der Waals surface area contributed by atoms with Gasteiger partial charge in [-0.1, -0.05) is 40.5 Å². The molecular weight excluding hydrogens is 356 g/mol. The van der Waals surface area contributed by atoms with E-state index in [2.05, 4.69) is 5.18 Å². The van der Waals surface area contributed by atoms with Gasteiger partial charge in [0.05, 0.1) is 0 Å². The molecule has 2 aromatic carbocycles. The number of benzene rings is 2. The van der Waals surface area contributed by atoms with Gasteiger partial charge in [0.25, 0.3) is 0 Å². The van der Waals surface area contributed by atoms with Crippen LogP contribution in [0.4, 0.5) is 4.39 Å². The molecule has 0 aliphatic heterocycles. The average Bonchev–Trinajstić information content (AvgIpc) is 2.51. The van der Waals surface area contributed by atoms with Crippen LogP contribution in [0.15, 0.2) is 47.6 Å². The van der Waals surface area contributed by atoms with Crippen molar-refractivity contribution in [3.63, 3.8) is 0 Å². The SMILES string of the molecule is O=N[C@H](c1ccc(Cl)cc1)[C@H](CCC(=O)O)c1cc(F)cc(Cl)c1. The molecule has 24 heavy (non-hydrogen) atoms. The summed E-state index contributed by atoms with van der Waals surface area (Å²) in [5.74, 6) is -2.19. The molecule has 2 atom stereocenters. The van der Waals surface area contributed by atoms with Crippen LogP contribution in [0.2, 0.25) is 10.0 Å². The Labute approximate surface area is 148 Å². The number of rotatable bonds is 7. The Morgan fingerprint density at radius 3 is 2.29 bits per heavy atom. The molecule has 126 valence electrons. The van der Waals surface area contributed by atoms with E-state index in [4.69, 9.17) is 28.3 Å². The van der Waals surface area contributed by atoms with Gasteiger partial charge in [-0.3, -0.25) is 4.79 Å². The van der Waals surface area contributed by atoms with Crippen LogP contribution in [0.3, 0.4) is 0 Å². The second-order valence-electron chi connectivity index (χ2n) is 5.34. The Morgan fingerprint density at radius 1 is 1.08 bits per heavy atom. The van der Waals surface area contributed by atoms with E-state index in [1.54, 1.807) is 24.3 Å². The third kappa shape index (κ3) is 4.76. The highest BCUT2D eigenvalue weighted by Crippen LogP contribution is 2.39. The molecule has 0 bridgehead atoms. The van der Waals surface area contributed by atoms with E-state index in [-0.39, 0.29) is 17.9 Å². The Bertz CT molecular complexity index is 717. The fourth-order valence-corrected chi connectivity index (χ4v) is 2.96. The summed E-state index contributed by atoms with van der Waals surface area (Å²) in [5.41, 5.74) is 1.01. The molecule has 0 fully saturated rings. The molecule has 0 aliphatic carbocycles. The molecule has 0 heterocycles. The zero-order valence-corrected chi connectivity index (χ0v) is 14.0. The first-order valence-corrected chi connectivity index (χ1v) is 7.92. The summed E-state index contributed by atoms with van der Waals surface area (Å²) in [6.07, 6.45) is -0.0629. The molecule has 0 aromatic heterocycles. The smallest absolute Gasteiger partial charge is 0.303 e. The van der Waals surface area contributed by atoms with Crippen molar-refractivity contribution in [2.45, 2.75) is 24.8 Å². The zero-order chi connectivity index (χ0) is 17.7. The molecule has 0 amide bonds. The van der Waals surface area contributed by atoms with Crippen molar-refractivity contribution in [1.82, 2.24) is 0 Å². The van der Waals surface area contributed by atoms with Crippen LogP contribution in [0.25, 0.3) is 0 Å². The van der Waals surface area contributed by atoms with Gasteiger partial charge in [0, 0.05) is 22.4 Å². The largest absolute Gasteiger partial charge is 0.481 e. The van der Waals surface area contributed by atoms with Crippen molar-refractivity contribution in [3.8, 4) is 0 Å². The van der Waals surface area contributed by atoms with Gasteiger partial charge in [0.1, 0.15) is 11.9 Å². The van der Waals surface area contributed by atoms with Gasteiger partial charge in [-0.15, -0.1) is 0 Å². The lowest BCUT2D eigenvalue weighted by Gasteiger charge is -2.22. The van der Waals surface area contributed by atoms with Gasteiger partial charge in [-0.2, -0.15) is 4.91 Å². The number of aliphatic carboxylic acids is 1. The number of nitroso groups, excluding NO2 is 1. The third-order valence-electron chi connectivity index (χ3n) is 3.69. The van der Waals surface area contributed by atoms with Gasteiger partial charge < -0.3 is 5.11 Å². The lowest BCUT2D eigenvalue weighted by molar-refractivity contribution is -0.137. The van der Waals surface area contributed by atoms with E-state index in [1.807, 2.05) is 0 Å². The summed E-state index contributed by atoms with van der Waals surface area (Å²) in [7, 11) is 0. The zero-order valence-electron chi connectivity index (χ0n) is 12.5. The molecule has 4 nitrogen and oxygen atoms in total. The van der Waals surface area contributed by atoms with E-state index in [0.717, 1.165) is 6.07 Å². The van der Waals surface area contributed by atoms with Gasteiger partial charge in [-0.05, 0) is 47.9 Å². The molecule has 0 aliphatic rings. The maximum atomic E-state index is 13.7. The Balaban J connectivity index is 2.44. The Hall–Kier alpha value is -1.98. The number of halogens is 3. The number of carboxylic acid groups (broad SMARTS) is 1. The van der Waals surface area contributed by atoms with Crippen LogP contribution in [-0.4, -0.2) is 11.1 Å². The van der Waals surface area contributed by atoms with Crippen molar-refractivity contribution in [3.05, 3.63) is 74.4 Å². The molecule has 7 heteroatoms. The lowest BCUT2D eigenvalue weighted by Crippen LogP contribution is -2.12. The fraction of sp³-hybridized carbons (Fsp3) is 0.235. The minimum Gasteiger partial charge on any atom is -0.481 e. The highest BCUT2D eigenvalue weighted by atomic mass is 35.5. The monoisotopic (exact) mass is 369 g/mol. The Kier molecular flexibility index (Phi) is 6.29. The van der Waals surface area contributed by atoms with E-state index in [1.165, 1.54) is 12.1 Å². The predicted molar refractivity (Wildman–Crippen MR) is 91.0 cm³/mol. The molecular formula is C17H14Cl2FNO3. The highest BCUT2D eigenvalue weighted by molar-refractivity contribution is 6.30. The number of hydrogen-bond acceptors (Lipinski definition) is 3. The lowest BCUT2D eigenvalue weighted by atomic mass is 9.84. The average molecular weight is 370 g/mol. The maximum Gasteiger partial charge on any atom is 0.303 e. The summed E-state index contributed by atoms with van der Waals surface area (Å²) < 4.78 is 13.7. The van der Waals surface area contributed by atoms with Crippen LogP contribution in [0, 0.1) is 10.7 Å². The second-order valence-corrected chi connectivity index (χ2v) is 6.22. The van der Waals surface area contributed by atoms with Gasteiger partial charge in [0.15, 0.2) is 0 Å². The maximum absolute atomic E-state index is 13.7. The molecule has 0 saturated carbocycles. The molecule has 0 unspecified atom stereocenters. The summed E-state index contributed by atoms with van der Waals surface area (Å²) in [6.45, 7) is 0. The topological polar surface area (TPSA) is 66.7 Å². The van der Waals surface area contributed by atoms with Gasteiger partial charge in [0.2, 0.25) is 0 Å². The van der Waals surface area contributed by atoms with Crippen LogP contribution in [-0.2, 0) is 4.79 Å². The normalized spacial score (nSPS) is 13.3. The fourth-order valence-electron chi connectivity index (χ4n) is 2.60. The molecule has 0 radical (unpaired) electrons. The number of carboxylic acids is 1. The van der Waals surface area contributed by atoms with E-state index in [0.29, 0.717) is 16.1 Å². The molecule has 2 rings (SSSR count). The van der Waals surface area contributed by atoms with E-state index in [9.17, 15) is 14.1 Å². The minimum atomic E-state index is -1.01. The standard InChI is InChI=1S/C17H14Cl2FNO3/c18-12-3-1-10(2-4-12)17(21-24)15(5-6-16(22)23)11-7-13(19)9-14(20)8-11/h1-4,7-9,15,17H,5-6H2,(H,22,23)/t15-,17-/m1/s1. The van der Waals surface area contributed by atoms with Crippen LogP contribution >= 0.6 is 23.2 Å². The number of carbonyl (C=O) groups is 1. The van der Waals surface area contributed by atoms with E-state index < -0.39 is 23.7 Å². The summed E-state index contributed by atoms with van der Waals surface area (Å²) in [5, 5.41) is 12.8.